The minimum absolute atomic E-state index is 0.261. The van der Waals surface area contributed by atoms with E-state index in [1.54, 1.807) is 12.1 Å². The summed E-state index contributed by atoms with van der Waals surface area (Å²) in [5, 5.41) is 20.0. The second-order valence-corrected chi connectivity index (χ2v) is 5.95. The first-order chi connectivity index (χ1) is 12.2. The second-order valence-electron chi connectivity index (χ2n) is 5.95. The van der Waals surface area contributed by atoms with Crippen LogP contribution >= 0.6 is 0 Å². The van der Waals surface area contributed by atoms with Crippen LogP contribution in [0.15, 0.2) is 39.8 Å². The molecule has 0 saturated heterocycles. The van der Waals surface area contributed by atoms with Crippen LogP contribution in [0.1, 0.15) is 56.5 Å². The molecule has 1 heterocycles. The molecule has 1 aromatic carbocycles. The van der Waals surface area contributed by atoms with Gasteiger partial charge >= 0.3 is 0 Å². The van der Waals surface area contributed by atoms with E-state index in [4.69, 9.17) is 4.52 Å². The molecule has 2 aromatic rings. The third kappa shape index (κ3) is 5.81. The Bertz CT molecular complexity index is 660. The monoisotopic (exact) mass is 344 g/mol. The van der Waals surface area contributed by atoms with Crippen molar-refractivity contribution < 1.29 is 9.63 Å². The van der Waals surface area contributed by atoms with E-state index in [0.29, 0.717) is 19.0 Å². The average molecular weight is 344 g/mol. The van der Waals surface area contributed by atoms with Gasteiger partial charge in [0.05, 0.1) is 18.8 Å². The summed E-state index contributed by atoms with van der Waals surface area (Å²) in [6, 6.07) is 9.08. The molecular formula is C19H28N4O2. The molecule has 0 spiro atoms. The van der Waals surface area contributed by atoms with Crippen molar-refractivity contribution >= 4 is 5.96 Å². The van der Waals surface area contributed by atoms with Crippen LogP contribution in [0.2, 0.25) is 0 Å². The molecule has 0 radical (unpaired) electrons. The maximum absolute atomic E-state index is 9.33. The van der Waals surface area contributed by atoms with Gasteiger partial charge in [-0.25, -0.2) is 4.99 Å². The zero-order valence-corrected chi connectivity index (χ0v) is 15.2. The summed E-state index contributed by atoms with van der Waals surface area (Å²) < 4.78 is 5.43. The minimum atomic E-state index is 0.261. The number of hydrogen-bond donors (Lipinski definition) is 3. The van der Waals surface area contributed by atoms with Gasteiger partial charge < -0.3 is 20.3 Å². The smallest absolute Gasteiger partial charge is 0.191 e. The lowest BCUT2D eigenvalue weighted by molar-refractivity contribution is 0.368. The predicted molar refractivity (Wildman–Crippen MR) is 99.6 cm³/mol. The first-order valence-corrected chi connectivity index (χ1v) is 8.91. The second kappa shape index (κ2) is 9.71. The van der Waals surface area contributed by atoms with Crippen molar-refractivity contribution in [3.8, 4) is 5.75 Å². The summed E-state index contributed by atoms with van der Waals surface area (Å²) in [6.07, 6.45) is 2.12. The van der Waals surface area contributed by atoms with Crippen molar-refractivity contribution in [3.63, 3.8) is 0 Å². The Kier molecular flexibility index (Phi) is 7.32. The van der Waals surface area contributed by atoms with Crippen molar-refractivity contribution in [2.45, 2.75) is 52.6 Å². The van der Waals surface area contributed by atoms with E-state index in [9.17, 15) is 5.11 Å². The molecule has 0 bridgehead atoms. The Morgan fingerprint density at radius 3 is 2.52 bits per heavy atom. The van der Waals surface area contributed by atoms with Gasteiger partial charge in [0, 0.05) is 18.5 Å². The number of aromatic nitrogens is 1. The fraction of sp³-hybridized carbons (Fsp3) is 0.474. The topological polar surface area (TPSA) is 82.7 Å². The van der Waals surface area contributed by atoms with Crippen LogP contribution in [0.5, 0.6) is 5.75 Å². The lowest BCUT2D eigenvalue weighted by Crippen LogP contribution is -2.36. The fourth-order valence-electron chi connectivity index (χ4n) is 2.60. The van der Waals surface area contributed by atoms with Gasteiger partial charge in [0.2, 0.25) is 0 Å². The number of phenolic OH excluding ortho intramolecular Hbond substituents is 1. The van der Waals surface area contributed by atoms with Crippen molar-refractivity contribution in [2.75, 3.05) is 6.54 Å². The van der Waals surface area contributed by atoms with E-state index < -0.39 is 0 Å². The lowest BCUT2D eigenvalue weighted by atomic mass is 9.99. The van der Waals surface area contributed by atoms with Crippen LogP contribution in [0.3, 0.4) is 0 Å². The van der Waals surface area contributed by atoms with Gasteiger partial charge in [-0.1, -0.05) is 31.1 Å². The Morgan fingerprint density at radius 1 is 1.16 bits per heavy atom. The Balaban J connectivity index is 1.94. The highest BCUT2D eigenvalue weighted by Gasteiger charge is 2.13. The van der Waals surface area contributed by atoms with Crippen LogP contribution in [0, 0.1) is 0 Å². The molecule has 0 aliphatic rings. The largest absolute Gasteiger partial charge is 0.508 e. The number of nitrogens with one attached hydrogen (secondary N) is 2. The fourth-order valence-corrected chi connectivity index (χ4v) is 2.60. The van der Waals surface area contributed by atoms with Crippen molar-refractivity contribution in [3.05, 3.63) is 47.3 Å². The van der Waals surface area contributed by atoms with Gasteiger partial charge in [-0.3, -0.25) is 0 Å². The number of aromatic hydroxyl groups is 1. The maximum Gasteiger partial charge on any atom is 0.191 e. The van der Waals surface area contributed by atoms with E-state index in [0.717, 1.165) is 42.4 Å². The molecule has 0 aliphatic carbocycles. The molecule has 0 aliphatic heterocycles. The Hall–Kier alpha value is -2.50. The van der Waals surface area contributed by atoms with Gasteiger partial charge in [-0.2, -0.15) is 0 Å². The number of rotatable bonds is 8. The van der Waals surface area contributed by atoms with Gasteiger partial charge in [0.25, 0.3) is 0 Å². The summed E-state index contributed by atoms with van der Waals surface area (Å²) >= 11 is 0. The van der Waals surface area contributed by atoms with Crippen LogP contribution in [0.4, 0.5) is 0 Å². The Labute approximate surface area is 149 Å². The molecule has 2 rings (SSSR count). The Morgan fingerprint density at radius 2 is 1.88 bits per heavy atom. The highest BCUT2D eigenvalue weighted by Crippen LogP contribution is 2.22. The normalized spacial score (nSPS) is 11.8. The van der Waals surface area contributed by atoms with Crippen molar-refractivity contribution in [1.29, 1.82) is 0 Å². The first kappa shape index (κ1) is 18.8. The number of nitrogens with zero attached hydrogens (tertiary/aromatic N) is 2. The molecule has 6 heteroatoms. The molecule has 6 nitrogen and oxygen atoms in total. The van der Waals surface area contributed by atoms with E-state index in [1.807, 2.05) is 25.1 Å². The molecule has 3 N–H and O–H groups in total. The molecule has 136 valence electrons. The summed E-state index contributed by atoms with van der Waals surface area (Å²) in [4.78, 5) is 4.55. The predicted octanol–water partition coefficient (Wildman–Crippen LogP) is 3.54. The number of guanidine groups is 1. The standard InChI is InChI=1S/C19H28N4O2/c1-4-15(5-2)18-11-17(25-23-18)13-22-19(20-6-3)21-12-14-7-9-16(24)10-8-14/h7-11,15,24H,4-6,12-13H2,1-3H3,(H2,20,21,22). The van der Waals surface area contributed by atoms with E-state index >= 15 is 0 Å². The summed E-state index contributed by atoms with van der Waals surface area (Å²) in [6.45, 7) is 8.20. The molecular weight excluding hydrogens is 316 g/mol. The van der Waals surface area contributed by atoms with Crippen LogP contribution in [-0.4, -0.2) is 22.8 Å². The molecule has 25 heavy (non-hydrogen) atoms. The van der Waals surface area contributed by atoms with Gasteiger partial charge in [0.15, 0.2) is 11.7 Å². The highest BCUT2D eigenvalue weighted by molar-refractivity contribution is 5.79. The average Bonchev–Trinajstić information content (AvgIpc) is 3.09. The molecule has 0 saturated carbocycles. The highest BCUT2D eigenvalue weighted by atomic mass is 16.5. The first-order valence-electron chi connectivity index (χ1n) is 8.91. The lowest BCUT2D eigenvalue weighted by Gasteiger charge is -2.10. The van der Waals surface area contributed by atoms with Crippen molar-refractivity contribution in [1.82, 2.24) is 15.8 Å². The van der Waals surface area contributed by atoms with Gasteiger partial charge in [-0.15, -0.1) is 0 Å². The maximum atomic E-state index is 9.33. The molecule has 1 aromatic heterocycles. The molecule has 0 amide bonds. The van der Waals surface area contributed by atoms with E-state index in [-0.39, 0.29) is 5.75 Å². The molecule has 0 fully saturated rings. The summed E-state index contributed by atoms with van der Waals surface area (Å²) in [5.41, 5.74) is 2.05. The SMILES string of the molecule is CCNC(=NCc1ccc(O)cc1)NCc1cc(C(CC)CC)no1. The molecule has 0 atom stereocenters. The number of aliphatic imine (C=N–C) groups is 1. The zero-order valence-electron chi connectivity index (χ0n) is 15.2. The quantitative estimate of drug-likeness (QED) is 0.504. The van der Waals surface area contributed by atoms with Gasteiger partial charge in [-0.05, 0) is 37.5 Å². The number of phenols is 1. The third-order valence-corrected chi connectivity index (χ3v) is 4.11. The number of benzene rings is 1. The summed E-state index contributed by atoms with van der Waals surface area (Å²) in [5.74, 6) is 2.23. The summed E-state index contributed by atoms with van der Waals surface area (Å²) in [7, 11) is 0. The van der Waals surface area contributed by atoms with E-state index in [1.165, 1.54) is 0 Å². The van der Waals surface area contributed by atoms with Crippen molar-refractivity contribution in [2.24, 2.45) is 4.99 Å². The third-order valence-electron chi connectivity index (χ3n) is 4.11. The molecule has 0 unspecified atom stereocenters. The van der Waals surface area contributed by atoms with Crippen LogP contribution < -0.4 is 10.6 Å². The van der Waals surface area contributed by atoms with Crippen LogP contribution in [-0.2, 0) is 13.1 Å². The number of hydrogen-bond acceptors (Lipinski definition) is 4. The van der Waals surface area contributed by atoms with Crippen LogP contribution in [0.25, 0.3) is 0 Å². The zero-order chi connectivity index (χ0) is 18.1. The minimum Gasteiger partial charge on any atom is -0.508 e. The van der Waals surface area contributed by atoms with E-state index in [2.05, 4.69) is 34.6 Å². The van der Waals surface area contributed by atoms with Gasteiger partial charge in [0.1, 0.15) is 5.75 Å².